The Hall–Kier alpha value is -2.03. The number of hydrogen-bond acceptors (Lipinski definition) is 2. The fourth-order valence-electron chi connectivity index (χ4n) is 1.56. The van der Waals surface area contributed by atoms with Gasteiger partial charge in [-0.25, -0.2) is 4.79 Å². The number of para-hydroxylation sites is 1. The van der Waals surface area contributed by atoms with Gasteiger partial charge < -0.3 is 4.74 Å². The number of anilines is 1. The summed E-state index contributed by atoms with van der Waals surface area (Å²) in [5, 5.41) is 0. The molecule has 0 bridgehead atoms. The van der Waals surface area contributed by atoms with Gasteiger partial charge in [-0.3, -0.25) is 4.90 Å². The van der Waals surface area contributed by atoms with Gasteiger partial charge in [0.2, 0.25) is 0 Å². The SMILES string of the molecule is C=C(C)N(C(=O)OC)c1ccccc1/C=C/C. The summed E-state index contributed by atoms with van der Waals surface area (Å²) in [5.41, 5.74) is 2.34. The van der Waals surface area contributed by atoms with Gasteiger partial charge >= 0.3 is 6.09 Å². The zero-order chi connectivity index (χ0) is 12.8. The fraction of sp³-hybridized carbons (Fsp3) is 0.214. The van der Waals surface area contributed by atoms with Crippen LogP contribution in [0.15, 0.2) is 42.6 Å². The van der Waals surface area contributed by atoms with Crippen LogP contribution < -0.4 is 4.90 Å². The van der Waals surface area contributed by atoms with E-state index < -0.39 is 6.09 Å². The van der Waals surface area contributed by atoms with Gasteiger partial charge in [-0.05, 0) is 25.5 Å². The molecule has 3 nitrogen and oxygen atoms in total. The molecule has 1 aromatic carbocycles. The maximum absolute atomic E-state index is 11.7. The molecule has 3 heteroatoms. The average molecular weight is 231 g/mol. The Labute approximate surface area is 102 Å². The lowest BCUT2D eigenvalue weighted by atomic mass is 10.1. The lowest BCUT2D eigenvalue weighted by Gasteiger charge is -2.22. The molecule has 1 amide bonds. The third kappa shape index (κ3) is 2.97. The third-order valence-electron chi connectivity index (χ3n) is 2.26. The van der Waals surface area contributed by atoms with Gasteiger partial charge in [0.1, 0.15) is 0 Å². The topological polar surface area (TPSA) is 29.5 Å². The second-order valence-corrected chi connectivity index (χ2v) is 3.60. The normalized spacial score (nSPS) is 10.3. The molecule has 1 rings (SSSR count). The number of rotatable bonds is 3. The summed E-state index contributed by atoms with van der Waals surface area (Å²) in [6, 6.07) is 7.60. The molecule has 0 fully saturated rings. The van der Waals surface area contributed by atoms with Crippen LogP contribution in [0.4, 0.5) is 10.5 Å². The van der Waals surface area contributed by atoms with Gasteiger partial charge in [-0.1, -0.05) is 36.9 Å². The van der Waals surface area contributed by atoms with E-state index in [1.807, 2.05) is 43.3 Å². The van der Waals surface area contributed by atoms with Crippen molar-refractivity contribution >= 4 is 17.9 Å². The van der Waals surface area contributed by atoms with Crippen LogP contribution in [0.5, 0.6) is 0 Å². The van der Waals surface area contributed by atoms with E-state index in [-0.39, 0.29) is 0 Å². The van der Waals surface area contributed by atoms with E-state index in [1.54, 1.807) is 6.92 Å². The van der Waals surface area contributed by atoms with Crippen molar-refractivity contribution in [3.05, 3.63) is 48.2 Å². The van der Waals surface area contributed by atoms with Crippen LogP contribution in [0.2, 0.25) is 0 Å². The number of carbonyl (C=O) groups excluding carboxylic acids is 1. The highest BCUT2D eigenvalue weighted by Gasteiger charge is 2.18. The van der Waals surface area contributed by atoms with Crippen molar-refractivity contribution < 1.29 is 9.53 Å². The molecular weight excluding hydrogens is 214 g/mol. The van der Waals surface area contributed by atoms with Gasteiger partial charge in [0.05, 0.1) is 12.8 Å². The summed E-state index contributed by atoms with van der Waals surface area (Å²) in [4.78, 5) is 13.2. The summed E-state index contributed by atoms with van der Waals surface area (Å²) in [6.45, 7) is 7.50. The zero-order valence-electron chi connectivity index (χ0n) is 10.4. The van der Waals surface area contributed by atoms with Crippen LogP contribution >= 0.6 is 0 Å². The predicted octanol–water partition coefficient (Wildman–Crippen LogP) is 3.83. The Morgan fingerprint density at radius 2 is 2.06 bits per heavy atom. The molecule has 0 aromatic heterocycles. The maximum Gasteiger partial charge on any atom is 0.418 e. The van der Waals surface area contributed by atoms with Crippen LogP contribution in [0, 0.1) is 0 Å². The third-order valence-corrected chi connectivity index (χ3v) is 2.26. The minimum Gasteiger partial charge on any atom is -0.452 e. The Balaban J connectivity index is 3.27. The molecule has 0 N–H and O–H groups in total. The number of carbonyl (C=O) groups is 1. The second-order valence-electron chi connectivity index (χ2n) is 3.60. The van der Waals surface area contributed by atoms with E-state index >= 15 is 0 Å². The number of nitrogens with zero attached hydrogens (tertiary/aromatic N) is 1. The molecule has 1 aromatic rings. The first-order valence-corrected chi connectivity index (χ1v) is 5.37. The van der Waals surface area contributed by atoms with Crippen molar-refractivity contribution in [1.29, 1.82) is 0 Å². The lowest BCUT2D eigenvalue weighted by Crippen LogP contribution is -2.29. The Morgan fingerprint density at radius 3 is 2.59 bits per heavy atom. The first-order chi connectivity index (χ1) is 8.11. The lowest BCUT2D eigenvalue weighted by molar-refractivity contribution is 0.180. The number of benzene rings is 1. The molecule has 0 unspecified atom stereocenters. The molecule has 0 spiro atoms. The summed E-state index contributed by atoms with van der Waals surface area (Å²) < 4.78 is 4.76. The summed E-state index contributed by atoms with van der Waals surface area (Å²) in [5.74, 6) is 0. The number of ether oxygens (including phenoxy) is 1. The van der Waals surface area contributed by atoms with E-state index in [2.05, 4.69) is 6.58 Å². The van der Waals surface area contributed by atoms with Crippen molar-refractivity contribution in [1.82, 2.24) is 0 Å². The Bertz CT molecular complexity index is 449. The smallest absolute Gasteiger partial charge is 0.418 e. The highest BCUT2D eigenvalue weighted by Crippen LogP contribution is 2.25. The minimum absolute atomic E-state index is 0.436. The van der Waals surface area contributed by atoms with Crippen LogP contribution in [0.3, 0.4) is 0 Å². The molecule has 0 aliphatic heterocycles. The van der Waals surface area contributed by atoms with Crippen molar-refractivity contribution in [3.63, 3.8) is 0 Å². The van der Waals surface area contributed by atoms with Gasteiger partial charge in [0.15, 0.2) is 0 Å². The average Bonchev–Trinajstić information content (AvgIpc) is 2.31. The van der Waals surface area contributed by atoms with Crippen LogP contribution in [0.25, 0.3) is 6.08 Å². The Kier molecular flexibility index (Phi) is 4.52. The number of amides is 1. The number of allylic oxidation sites excluding steroid dienone is 2. The van der Waals surface area contributed by atoms with Crippen molar-refractivity contribution in [2.75, 3.05) is 12.0 Å². The summed E-state index contributed by atoms with van der Waals surface area (Å²) >= 11 is 0. The fourth-order valence-corrected chi connectivity index (χ4v) is 1.56. The maximum atomic E-state index is 11.7. The largest absolute Gasteiger partial charge is 0.452 e. The standard InChI is InChI=1S/C14H17NO2/c1-5-8-12-9-6-7-10-13(12)15(11(2)3)14(16)17-4/h5-10H,2H2,1,3-4H3/b8-5+. The van der Waals surface area contributed by atoms with E-state index in [1.165, 1.54) is 12.0 Å². The molecule has 0 aliphatic rings. The molecule has 0 atom stereocenters. The first-order valence-electron chi connectivity index (χ1n) is 5.37. The highest BCUT2D eigenvalue weighted by molar-refractivity contribution is 5.93. The highest BCUT2D eigenvalue weighted by atomic mass is 16.5. The van der Waals surface area contributed by atoms with Crippen molar-refractivity contribution in [2.45, 2.75) is 13.8 Å². The van der Waals surface area contributed by atoms with Crippen LogP contribution in [-0.4, -0.2) is 13.2 Å². The number of hydrogen-bond donors (Lipinski definition) is 0. The minimum atomic E-state index is -0.436. The van der Waals surface area contributed by atoms with Gasteiger partial charge in [-0.2, -0.15) is 0 Å². The molecular formula is C14H17NO2. The first kappa shape index (κ1) is 13.0. The Morgan fingerprint density at radius 1 is 1.41 bits per heavy atom. The molecule has 0 radical (unpaired) electrons. The summed E-state index contributed by atoms with van der Waals surface area (Å²) in [6.07, 6.45) is 3.43. The predicted molar refractivity (Wildman–Crippen MR) is 70.8 cm³/mol. The van der Waals surface area contributed by atoms with E-state index in [4.69, 9.17) is 4.74 Å². The van der Waals surface area contributed by atoms with E-state index in [9.17, 15) is 4.79 Å². The molecule has 0 saturated heterocycles. The van der Waals surface area contributed by atoms with Crippen LogP contribution in [-0.2, 0) is 4.74 Å². The van der Waals surface area contributed by atoms with Crippen molar-refractivity contribution in [3.8, 4) is 0 Å². The monoisotopic (exact) mass is 231 g/mol. The molecule has 17 heavy (non-hydrogen) atoms. The van der Waals surface area contributed by atoms with Crippen molar-refractivity contribution in [2.24, 2.45) is 0 Å². The second kappa shape index (κ2) is 5.89. The van der Waals surface area contributed by atoms with Gasteiger partial charge in [0, 0.05) is 5.70 Å². The zero-order valence-corrected chi connectivity index (χ0v) is 10.4. The van der Waals surface area contributed by atoms with Crippen LogP contribution in [0.1, 0.15) is 19.4 Å². The van der Waals surface area contributed by atoms with Gasteiger partial charge in [-0.15, -0.1) is 0 Å². The van der Waals surface area contributed by atoms with E-state index in [0.717, 1.165) is 11.3 Å². The molecule has 90 valence electrons. The molecule has 0 aliphatic carbocycles. The molecule has 0 saturated carbocycles. The number of methoxy groups -OCH3 is 1. The van der Waals surface area contributed by atoms with Gasteiger partial charge in [0.25, 0.3) is 0 Å². The molecule has 0 heterocycles. The quantitative estimate of drug-likeness (QED) is 0.791. The van der Waals surface area contributed by atoms with E-state index in [0.29, 0.717) is 5.70 Å². The summed E-state index contributed by atoms with van der Waals surface area (Å²) in [7, 11) is 1.36.